The van der Waals surface area contributed by atoms with Gasteiger partial charge in [-0.2, -0.15) is 0 Å². The van der Waals surface area contributed by atoms with Gasteiger partial charge in [-0.25, -0.2) is 4.79 Å². The van der Waals surface area contributed by atoms with E-state index in [1.54, 1.807) is 4.90 Å². The molecule has 2 aromatic rings. The molecular weight excluding hydrogens is 600 g/mol. The number of halogens is 1. The molecule has 6 atom stereocenters. The van der Waals surface area contributed by atoms with Gasteiger partial charge in [0.15, 0.2) is 5.60 Å². The Hall–Kier alpha value is -3.10. The summed E-state index contributed by atoms with van der Waals surface area (Å²) in [6.07, 6.45) is 8.23. The lowest BCUT2D eigenvalue weighted by Gasteiger charge is -2.58. The van der Waals surface area contributed by atoms with Gasteiger partial charge in [-0.05, 0) is 93.6 Å². The van der Waals surface area contributed by atoms with Crippen LogP contribution in [-0.4, -0.2) is 65.0 Å². The molecule has 8 rings (SSSR count). The summed E-state index contributed by atoms with van der Waals surface area (Å²) in [6, 6.07) is 14.2. The molecule has 2 bridgehead atoms. The molecule has 1 saturated heterocycles. The zero-order valence-electron chi connectivity index (χ0n) is 27.1. The lowest BCUT2D eigenvalue weighted by Crippen LogP contribution is -2.62. The molecule has 46 heavy (non-hydrogen) atoms. The zero-order valence-corrected chi connectivity index (χ0v) is 27.8. The molecule has 2 fully saturated rings. The number of nitrogens with zero attached hydrogens (tertiary/aromatic N) is 2. The minimum Gasteiger partial charge on any atom is -0.487 e. The minimum absolute atomic E-state index is 0.225. The van der Waals surface area contributed by atoms with Crippen LogP contribution in [0.15, 0.2) is 77.6 Å². The van der Waals surface area contributed by atoms with Crippen LogP contribution in [0.1, 0.15) is 62.3 Å². The number of rotatable bonds is 4. The molecule has 242 valence electrons. The first-order chi connectivity index (χ1) is 22.0. The van der Waals surface area contributed by atoms with Crippen molar-refractivity contribution in [1.29, 1.82) is 0 Å². The van der Waals surface area contributed by atoms with Crippen LogP contribution < -0.4 is 0 Å². The van der Waals surface area contributed by atoms with Gasteiger partial charge in [0.2, 0.25) is 0 Å². The summed E-state index contributed by atoms with van der Waals surface area (Å²) >= 11 is 6.91. The van der Waals surface area contributed by atoms with Gasteiger partial charge in [-0.15, -0.1) is 0 Å². The average molecular weight is 643 g/mol. The number of aliphatic hydroxyl groups excluding tert-OH is 1. The second kappa shape index (κ2) is 10.7. The Morgan fingerprint density at radius 3 is 2.74 bits per heavy atom. The van der Waals surface area contributed by atoms with Crippen LogP contribution in [0.2, 0.25) is 5.02 Å². The number of hydrogen-bond donors (Lipinski definition) is 1. The number of benzene rings is 2. The lowest BCUT2D eigenvalue weighted by molar-refractivity contribution is -0.153. The van der Waals surface area contributed by atoms with Crippen molar-refractivity contribution in [2.75, 3.05) is 20.1 Å². The van der Waals surface area contributed by atoms with Gasteiger partial charge >= 0.3 is 6.09 Å². The van der Waals surface area contributed by atoms with E-state index in [0.717, 1.165) is 47.4 Å². The van der Waals surface area contributed by atoms with Gasteiger partial charge in [0.25, 0.3) is 0 Å². The molecule has 1 saturated carbocycles. The largest absolute Gasteiger partial charge is 0.487 e. The summed E-state index contributed by atoms with van der Waals surface area (Å²) in [7, 11) is 2.22. The predicted octanol–water partition coefficient (Wildman–Crippen LogP) is 6.67. The Morgan fingerprint density at radius 2 is 1.96 bits per heavy atom. The molecule has 8 heteroatoms. The van der Waals surface area contributed by atoms with E-state index in [-0.39, 0.29) is 30.1 Å². The fourth-order valence-electron chi connectivity index (χ4n) is 9.34. The van der Waals surface area contributed by atoms with Gasteiger partial charge in [0.05, 0.1) is 5.60 Å². The van der Waals surface area contributed by atoms with Crippen molar-refractivity contribution >= 4 is 17.7 Å². The molecule has 1 N–H and O–H groups in total. The number of aliphatic hydroxyl groups is 1. The first kappa shape index (κ1) is 30.2. The van der Waals surface area contributed by atoms with Gasteiger partial charge < -0.3 is 29.1 Å². The fourth-order valence-corrected chi connectivity index (χ4v) is 9.58. The first-order valence-electron chi connectivity index (χ1n) is 16.7. The molecule has 6 aliphatic rings. The highest BCUT2D eigenvalue weighted by atomic mass is 35.5. The Balaban J connectivity index is 1.24. The molecule has 3 heterocycles. The number of likely N-dealkylation sites (tertiary alicyclic amines) is 1. The van der Waals surface area contributed by atoms with E-state index in [0.29, 0.717) is 37.0 Å². The first-order valence-corrected chi connectivity index (χ1v) is 17.0. The van der Waals surface area contributed by atoms with Gasteiger partial charge in [-0.3, -0.25) is 0 Å². The molecule has 0 aromatic heterocycles. The van der Waals surface area contributed by atoms with Gasteiger partial charge in [-0.1, -0.05) is 60.2 Å². The van der Waals surface area contributed by atoms with E-state index in [4.69, 9.17) is 25.8 Å². The third-order valence-corrected chi connectivity index (χ3v) is 11.4. The molecule has 3 aliphatic carbocycles. The van der Waals surface area contributed by atoms with Gasteiger partial charge in [0.1, 0.15) is 24.6 Å². The lowest BCUT2D eigenvalue weighted by atomic mass is 9.50. The highest BCUT2D eigenvalue weighted by Crippen LogP contribution is 2.68. The van der Waals surface area contributed by atoms with Crippen LogP contribution in [0.4, 0.5) is 4.79 Å². The molecule has 1 amide bonds. The summed E-state index contributed by atoms with van der Waals surface area (Å²) in [5.41, 5.74) is 4.76. The number of hydrogen-bond acceptors (Lipinski definition) is 6. The number of carbonyl (C=O) groups is 1. The predicted molar refractivity (Wildman–Crippen MR) is 176 cm³/mol. The normalized spacial score (nSPS) is 32.8. The van der Waals surface area contributed by atoms with Crippen molar-refractivity contribution in [3.63, 3.8) is 0 Å². The third-order valence-electron chi connectivity index (χ3n) is 11.2. The zero-order chi connectivity index (χ0) is 32.0. The summed E-state index contributed by atoms with van der Waals surface area (Å²) in [5.74, 6) is 1.08. The summed E-state index contributed by atoms with van der Waals surface area (Å²) in [5, 5.41) is 12.1. The van der Waals surface area contributed by atoms with E-state index < -0.39 is 17.3 Å². The number of carbonyl (C=O) groups excluding carboxylic acids is 1. The van der Waals surface area contributed by atoms with E-state index in [1.165, 1.54) is 11.1 Å². The van der Waals surface area contributed by atoms with Crippen LogP contribution in [-0.2, 0) is 39.4 Å². The smallest absolute Gasteiger partial charge is 0.410 e. The number of piperidine rings is 1. The third kappa shape index (κ3) is 4.53. The Bertz CT molecular complexity index is 1680. The van der Waals surface area contributed by atoms with E-state index in [9.17, 15) is 9.90 Å². The molecule has 1 spiro atoms. The molecule has 1 unspecified atom stereocenters. The highest BCUT2D eigenvalue weighted by Gasteiger charge is 2.68. The molecule has 3 aliphatic heterocycles. The number of fused-ring (bicyclic) bond motifs is 1. The Morgan fingerprint density at radius 1 is 1.15 bits per heavy atom. The van der Waals surface area contributed by atoms with Crippen molar-refractivity contribution in [3.8, 4) is 0 Å². The van der Waals surface area contributed by atoms with Crippen LogP contribution >= 0.6 is 11.6 Å². The maximum absolute atomic E-state index is 13.4. The van der Waals surface area contributed by atoms with Crippen LogP contribution in [0.25, 0.3) is 0 Å². The maximum atomic E-state index is 13.4. The van der Waals surface area contributed by atoms with Crippen molar-refractivity contribution in [3.05, 3.63) is 105 Å². The monoisotopic (exact) mass is 642 g/mol. The van der Waals surface area contributed by atoms with Gasteiger partial charge in [0, 0.05) is 47.5 Å². The van der Waals surface area contributed by atoms with Crippen molar-refractivity contribution in [2.24, 2.45) is 11.3 Å². The van der Waals surface area contributed by atoms with Crippen molar-refractivity contribution in [2.45, 2.75) is 89.1 Å². The number of ether oxygens (including phenoxy) is 3. The molecule has 7 nitrogen and oxygen atoms in total. The fraction of sp³-hybridized carbons (Fsp3) is 0.500. The van der Waals surface area contributed by atoms with Crippen LogP contribution in [0, 0.1) is 11.3 Å². The second-order valence-electron chi connectivity index (χ2n) is 15.0. The quantitative estimate of drug-likeness (QED) is 0.376. The van der Waals surface area contributed by atoms with Crippen LogP contribution in [0.5, 0.6) is 0 Å². The van der Waals surface area contributed by atoms with Crippen molar-refractivity contribution in [1.82, 2.24) is 9.80 Å². The molecule has 0 radical (unpaired) electrons. The highest BCUT2D eigenvalue weighted by molar-refractivity contribution is 6.30. The van der Waals surface area contributed by atoms with E-state index >= 15 is 0 Å². The average Bonchev–Trinajstić information content (AvgIpc) is 3.39. The summed E-state index contributed by atoms with van der Waals surface area (Å²) in [4.78, 5) is 17.7. The Labute approximate surface area is 276 Å². The summed E-state index contributed by atoms with van der Waals surface area (Å²) in [6.45, 7) is 8.34. The molecular formula is C38H43ClN2O5. The second-order valence-corrected chi connectivity index (χ2v) is 15.4. The molecule has 2 aromatic carbocycles. The standard InChI is InChI=1S/C38H43ClN2O5/c1-36(2,3)46-38(14-12-25-19-30-28-10-11-31(42)33-37(28,15-17-40(30)4)32(25)34(38)45-33)29-20-26(39)18-24-13-16-41(21-27(24)29)35(43)44-22-23-8-6-5-7-9-23/h5-12,18,20,28,30-31,33,42H,13-17,19,21-22H2,1-4H3/t28-,30+,31-,33-,37-,38?/m0/s1. The van der Waals surface area contributed by atoms with Crippen molar-refractivity contribution < 1.29 is 24.1 Å². The summed E-state index contributed by atoms with van der Waals surface area (Å²) < 4.78 is 20.2. The Kier molecular flexibility index (Phi) is 7.04. The minimum atomic E-state index is -0.977. The number of amides is 1. The van der Waals surface area contributed by atoms with E-state index in [1.807, 2.05) is 48.5 Å². The SMILES string of the molecule is CN1CC[C@]23C4=C5O[C@H]2[C@@H](O)C=C[C@H]3[C@H]1CC4=CCC5(OC(C)(C)C)c1cc(Cl)cc2c1CN(C(=O)OCc1ccccc1)CC2. The van der Waals surface area contributed by atoms with Crippen LogP contribution in [0.3, 0.4) is 0 Å². The topological polar surface area (TPSA) is 71.5 Å². The maximum Gasteiger partial charge on any atom is 0.410 e. The van der Waals surface area contributed by atoms with E-state index in [2.05, 4.69) is 44.9 Å².